The van der Waals surface area contributed by atoms with Crippen molar-refractivity contribution in [2.24, 2.45) is 0 Å². The minimum atomic E-state index is -0.0506. The minimum Gasteiger partial charge on any atom is -0.350 e. The van der Waals surface area contributed by atoms with Gasteiger partial charge in [-0.15, -0.1) is 0 Å². The number of hydrogen-bond donors (Lipinski definition) is 2. The van der Waals surface area contributed by atoms with Crippen molar-refractivity contribution in [1.29, 1.82) is 0 Å². The smallest absolute Gasteiger partial charge is 0.251 e. The lowest BCUT2D eigenvalue weighted by Gasteiger charge is -2.08. The van der Waals surface area contributed by atoms with Crippen molar-refractivity contribution in [3.63, 3.8) is 0 Å². The summed E-state index contributed by atoms with van der Waals surface area (Å²) in [4.78, 5) is 11.8. The van der Waals surface area contributed by atoms with Gasteiger partial charge in [0.1, 0.15) is 0 Å². The van der Waals surface area contributed by atoms with Crippen LogP contribution in [-0.4, -0.2) is 22.1 Å². The van der Waals surface area contributed by atoms with Crippen molar-refractivity contribution in [3.8, 4) is 11.1 Å². The Morgan fingerprint density at radius 1 is 1.35 bits per heavy atom. The average molecular weight is 229 g/mol. The predicted molar refractivity (Wildman–Crippen MR) is 66.6 cm³/mol. The monoisotopic (exact) mass is 229 g/mol. The van der Waals surface area contributed by atoms with Gasteiger partial charge in [0.15, 0.2) is 0 Å². The second kappa shape index (κ2) is 4.82. The first-order chi connectivity index (χ1) is 8.16. The van der Waals surface area contributed by atoms with E-state index < -0.39 is 0 Å². The van der Waals surface area contributed by atoms with E-state index in [1.165, 1.54) is 0 Å². The highest BCUT2D eigenvalue weighted by molar-refractivity contribution is 5.95. The van der Waals surface area contributed by atoms with E-state index in [0.29, 0.717) is 5.56 Å². The number of carbonyl (C=O) groups is 1. The third-order valence-corrected chi connectivity index (χ3v) is 2.38. The number of amides is 1. The van der Waals surface area contributed by atoms with Gasteiger partial charge in [-0.1, -0.05) is 12.1 Å². The lowest BCUT2D eigenvalue weighted by Crippen LogP contribution is -2.29. The highest BCUT2D eigenvalue weighted by atomic mass is 16.1. The molecule has 0 aliphatic rings. The maximum atomic E-state index is 11.8. The zero-order chi connectivity index (χ0) is 12.3. The summed E-state index contributed by atoms with van der Waals surface area (Å²) in [6.45, 7) is 3.88. The van der Waals surface area contributed by atoms with Crippen molar-refractivity contribution in [2.75, 3.05) is 0 Å². The maximum Gasteiger partial charge on any atom is 0.251 e. The lowest BCUT2D eigenvalue weighted by atomic mass is 10.1. The van der Waals surface area contributed by atoms with E-state index in [9.17, 15) is 4.79 Å². The largest absolute Gasteiger partial charge is 0.350 e. The molecule has 17 heavy (non-hydrogen) atoms. The van der Waals surface area contributed by atoms with Crippen LogP contribution in [-0.2, 0) is 0 Å². The fourth-order valence-electron chi connectivity index (χ4n) is 1.59. The summed E-state index contributed by atoms with van der Waals surface area (Å²) < 4.78 is 0. The number of H-pyrrole nitrogens is 1. The van der Waals surface area contributed by atoms with Gasteiger partial charge in [-0.25, -0.2) is 0 Å². The first-order valence-electron chi connectivity index (χ1n) is 5.57. The lowest BCUT2D eigenvalue weighted by molar-refractivity contribution is 0.0943. The SMILES string of the molecule is CC(C)NC(=O)c1cccc(-c2cn[nH]c2)c1. The van der Waals surface area contributed by atoms with E-state index in [-0.39, 0.29) is 11.9 Å². The molecule has 1 aromatic heterocycles. The fourth-order valence-corrected chi connectivity index (χ4v) is 1.59. The molecule has 0 bridgehead atoms. The summed E-state index contributed by atoms with van der Waals surface area (Å²) in [6, 6.07) is 7.64. The van der Waals surface area contributed by atoms with E-state index >= 15 is 0 Å². The second-order valence-corrected chi connectivity index (χ2v) is 4.20. The number of hydrogen-bond acceptors (Lipinski definition) is 2. The highest BCUT2D eigenvalue weighted by Crippen LogP contribution is 2.18. The van der Waals surface area contributed by atoms with Crippen molar-refractivity contribution < 1.29 is 4.79 Å². The Hall–Kier alpha value is -2.10. The molecule has 4 heteroatoms. The summed E-state index contributed by atoms with van der Waals surface area (Å²) in [5, 5.41) is 9.52. The maximum absolute atomic E-state index is 11.8. The molecule has 0 aliphatic carbocycles. The summed E-state index contributed by atoms with van der Waals surface area (Å²) in [6.07, 6.45) is 3.54. The molecule has 0 spiro atoms. The molecule has 0 saturated carbocycles. The Balaban J connectivity index is 2.26. The number of nitrogens with zero attached hydrogens (tertiary/aromatic N) is 1. The van der Waals surface area contributed by atoms with Crippen LogP contribution >= 0.6 is 0 Å². The quantitative estimate of drug-likeness (QED) is 0.847. The zero-order valence-electron chi connectivity index (χ0n) is 9.90. The van der Waals surface area contributed by atoms with E-state index in [4.69, 9.17) is 0 Å². The first-order valence-corrected chi connectivity index (χ1v) is 5.57. The van der Waals surface area contributed by atoms with Crippen molar-refractivity contribution in [1.82, 2.24) is 15.5 Å². The van der Waals surface area contributed by atoms with Gasteiger partial charge < -0.3 is 5.32 Å². The normalized spacial score (nSPS) is 10.5. The van der Waals surface area contributed by atoms with Gasteiger partial charge in [0.05, 0.1) is 6.20 Å². The van der Waals surface area contributed by atoms with Crippen LogP contribution in [0.1, 0.15) is 24.2 Å². The van der Waals surface area contributed by atoms with Crippen molar-refractivity contribution in [2.45, 2.75) is 19.9 Å². The number of rotatable bonds is 3. The molecule has 2 rings (SSSR count). The van der Waals surface area contributed by atoms with Gasteiger partial charge in [-0.2, -0.15) is 5.10 Å². The van der Waals surface area contributed by atoms with Crippen LogP contribution in [0.3, 0.4) is 0 Å². The van der Waals surface area contributed by atoms with Crippen molar-refractivity contribution in [3.05, 3.63) is 42.2 Å². The molecule has 2 N–H and O–H groups in total. The highest BCUT2D eigenvalue weighted by Gasteiger charge is 2.08. The molecular formula is C13H15N3O. The Bertz CT molecular complexity index is 503. The summed E-state index contributed by atoms with van der Waals surface area (Å²) in [5.41, 5.74) is 2.62. The van der Waals surface area contributed by atoms with Crippen LogP contribution in [0.2, 0.25) is 0 Å². The zero-order valence-corrected chi connectivity index (χ0v) is 9.90. The summed E-state index contributed by atoms with van der Waals surface area (Å²) in [5.74, 6) is -0.0506. The molecule has 88 valence electrons. The topological polar surface area (TPSA) is 57.8 Å². The number of benzene rings is 1. The number of aromatic nitrogens is 2. The third kappa shape index (κ3) is 2.72. The Labute approximate surface area is 100 Å². The molecular weight excluding hydrogens is 214 g/mol. The Morgan fingerprint density at radius 3 is 2.82 bits per heavy atom. The minimum absolute atomic E-state index is 0.0506. The van der Waals surface area contributed by atoms with E-state index in [1.54, 1.807) is 18.5 Å². The molecule has 2 aromatic rings. The van der Waals surface area contributed by atoms with Crippen LogP contribution < -0.4 is 5.32 Å². The molecule has 1 heterocycles. The molecule has 4 nitrogen and oxygen atoms in total. The summed E-state index contributed by atoms with van der Waals surface area (Å²) >= 11 is 0. The molecule has 1 amide bonds. The Morgan fingerprint density at radius 2 is 2.18 bits per heavy atom. The molecule has 1 aromatic carbocycles. The second-order valence-electron chi connectivity index (χ2n) is 4.20. The van der Waals surface area contributed by atoms with Crippen molar-refractivity contribution >= 4 is 5.91 Å². The molecule has 0 aliphatic heterocycles. The molecule has 0 radical (unpaired) electrons. The van der Waals surface area contributed by atoms with Crippen LogP contribution in [0.4, 0.5) is 0 Å². The van der Waals surface area contributed by atoms with Crippen LogP contribution in [0, 0.1) is 0 Å². The van der Waals surface area contributed by atoms with Gasteiger partial charge in [-0.3, -0.25) is 9.89 Å². The van der Waals surface area contributed by atoms with Crippen LogP contribution in [0.5, 0.6) is 0 Å². The molecule has 0 atom stereocenters. The van der Waals surface area contributed by atoms with Crippen LogP contribution in [0.25, 0.3) is 11.1 Å². The van der Waals surface area contributed by atoms with Crippen LogP contribution in [0.15, 0.2) is 36.7 Å². The van der Waals surface area contributed by atoms with Gasteiger partial charge in [0, 0.05) is 23.4 Å². The average Bonchev–Trinajstić information content (AvgIpc) is 2.82. The molecule has 0 fully saturated rings. The standard InChI is InChI=1S/C13H15N3O/c1-9(2)16-13(17)11-5-3-4-10(6-11)12-7-14-15-8-12/h3-9H,1-2H3,(H,14,15)(H,16,17). The predicted octanol–water partition coefficient (Wildman–Crippen LogP) is 2.21. The first kappa shape index (κ1) is 11.4. The third-order valence-electron chi connectivity index (χ3n) is 2.38. The number of aromatic amines is 1. The van der Waals surface area contributed by atoms with E-state index in [0.717, 1.165) is 11.1 Å². The van der Waals surface area contributed by atoms with Gasteiger partial charge in [0.2, 0.25) is 0 Å². The summed E-state index contributed by atoms with van der Waals surface area (Å²) in [7, 11) is 0. The number of nitrogens with one attached hydrogen (secondary N) is 2. The van der Waals surface area contributed by atoms with Gasteiger partial charge in [-0.05, 0) is 31.5 Å². The Kier molecular flexibility index (Phi) is 3.23. The van der Waals surface area contributed by atoms with Gasteiger partial charge in [0.25, 0.3) is 5.91 Å². The fraction of sp³-hybridized carbons (Fsp3) is 0.231. The molecule has 0 unspecified atom stereocenters. The molecule has 0 saturated heterocycles. The van der Waals surface area contributed by atoms with E-state index in [1.807, 2.05) is 32.0 Å². The number of carbonyl (C=O) groups excluding carboxylic acids is 1. The van der Waals surface area contributed by atoms with E-state index in [2.05, 4.69) is 15.5 Å². The van der Waals surface area contributed by atoms with Gasteiger partial charge >= 0.3 is 0 Å².